The van der Waals surface area contributed by atoms with E-state index in [1.165, 1.54) is 12.3 Å². The SMILES string of the molecule is O=C(O)CC(NC(=O)C=Cc1ccc(-c2ccccc2)cc1)c1ccco1. The third kappa shape index (κ3) is 5.19. The van der Waals surface area contributed by atoms with E-state index in [0.29, 0.717) is 5.76 Å². The second-order valence-corrected chi connectivity index (χ2v) is 6.00. The average Bonchev–Trinajstić information content (AvgIpc) is 3.21. The molecule has 27 heavy (non-hydrogen) atoms. The molecule has 0 saturated carbocycles. The van der Waals surface area contributed by atoms with Gasteiger partial charge in [-0.3, -0.25) is 9.59 Å². The molecule has 5 nitrogen and oxygen atoms in total. The topological polar surface area (TPSA) is 79.5 Å². The molecule has 5 heteroatoms. The second kappa shape index (κ2) is 8.67. The van der Waals surface area contributed by atoms with Crippen molar-refractivity contribution in [3.05, 3.63) is 90.4 Å². The molecule has 3 rings (SSSR count). The van der Waals surface area contributed by atoms with Crippen LogP contribution in [0.5, 0.6) is 0 Å². The summed E-state index contributed by atoms with van der Waals surface area (Å²) in [4.78, 5) is 23.2. The van der Waals surface area contributed by atoms with Crippen molar-refractivity contribution in [2.75, 3.05) is 0 Å². The number of hydrogen-bond acceptors (Lipinski definition) is 3. The number of carbonyl (C=O) groups is 2. The average molecular weight is 361 g/mol. The van der Waals surface area contributed by atoms with Crippen molar-refractivity contribution >= 4 is 18.0 Å². The first-order chi connectivity index (χ1) is 13.1. The number of nitrogens with one attached hydrogen (secondary N) is 1. The molecule has 1 unspecified atom stereocenters. The highest BCUT2D eigenvalue weighted by atomic mass is 16.4. The van der Waals surface area contributed by atoms with Crippen LogP contribution in [0.15, 0.2) is 83.5 Å². The number of carboxylic acids is 1. The molecule has 0 spiro atoms. The van der Waals surface area contributed by atoms with Gasteiger partial charge in [0.2, 0.25) is 5.91 Å². The molecule has 0 radical (unpaired) electrons. The minimum absolute atomic E-state index is 0.251. The van der Waals surface area contributed by atoms with Crippen molar-refractivity contribution in [2.45, 2.75) is 12.5 Å². The van der Waals surface area contributed by atoms with Crippen LogP contribution < -0.4 is 5.32 Å². The van der Waals surface area contributed by atoms with E-state index in [1.807, 2.05) is 54.6 Å². The standard InChI is InChI=1S/C22H19NO4/c24-21(23-19(15-22(25)26)20-7-4-14-27-20)13-10-16-8-11-18(12-9-16)17-5-2-1-3-6-17/h1-14,19H,15H2,(H,23,24)(H,25,26). The summed E-state index contributed by atoms with van der Waals surface area (Å²) in [6.45, 7) is 0. The molecule has 1 aromatic heterocycles. The van der Waals surface area contributed by atoms with E-state index in [1.54, 1.807) is 18.2 Å². The molecular formula is C22H19NO4. The number of furan rings is 1. The van der Waals surface area contributed by atoms with E-state index in [2.05, 4.69) is 5.32 Å². The molecular weight excluding hydrogens is 342 g/mol. The first kappa shape index (κ1) is 18.2. The summed E-state index contributed by atoms with van der Waals surface area (Å²) in [6, 6.07) is 20.4. The summed E-state index contributed by atoms with van der Waals surface area (Å²) in [7, 11) is 0. The molecule has 1 heterocycles. The lowest BCUT2D eigenvalue weighted by Gasteiger charge is -2.13. The third-order valence-electron chi connectivity index (χ3n) is 4.03. The molecule has 0 fully saturated rings. The quantitative estimate of drug-likeness (QED) is 0.615. The van der Waals surface area contributed by atoms with Crippen molar-refractivity contribution in [3.8, 4) is 11.1 Å². The predicted molar refractivity (Wildman–Crippen MR) is 103 cm³/mol. The minimum atomic E-state index is -1.02. The highest BCUT2D eigenvalue weighted by Gasteiger charge is 2.19. The lowest BCUT2D eigenvalue weighted by molar-refractivity contribution is -0.137. The van der Waals surface area contributed by atoms with E-state index in [-0.39, 0.29) is 12.3 Å². The summed E-state index contributed by atoms with van der Waals surface area (Å²) in [5.74, 6) is -0.992. The van der Waals surface area contributed by atoms with Crippen molar-refractivity contribution in [1.82, 2.24) is 5.32 Å². The fraction of sp³-hybridized carbons (Fsp3) is 0.0909. The molecule has 1 amide bonds. The van der Waals surface area contributed by atoms with Crippen LogP contribution in [0, 0.1) is 0 Å². The maximum atomic E-state index is 12.2. The Hall–Kier alpha value is -3.60. The van der Waals surface area contributed by atoms with Crippen LogP contribution >= 0.6 is 0 Å². The minimum Gasteiger partial charge on any atom is -0.481 e. The van der Waals surface area contributed by atoms with Gasteiger partial charge < -0.3 is 14.8 Å². The van der Waals surface area contributed by atoms with Crippen LogP contribution in [0.1, 0.15) is 23.8 Å². The zero-order chi connectivity index (χ0) is 19.1. The van der Waals surface area contributed by atoms with E-state index in [0.717, 1.165) is 16.7 Å². The number of hydrogen-bond donors (Lipinski definition) is 2. The molecule has 3 aromatic rings. The molecule has 1 atom stereocenters. The molecule has 2 N–H and O–H groups in total. The monoisotopic (exact) mass is 361 g/mol. The van der Waals surface area contributed by atoms with Crippen molar-refractivity contribution < 1.29 is 19.1 Å². The number of amides is 1. The summed E-state index contributed by atoms with van der Waals surface area (Å²) < 4.78 is 5.21. The normalized spacial score (nSPS) is 12.0. The van der Waals surface area contributed by atoms with Crippen LogP contribution in [0.25, 0.3) is 17.2 Å². The Balaban J connectivity index is 1.64. The second-order valence-electron chi connectivity index (χ2n) is 6.00. The Labute approximate surface area is 157 Å². The number of aliphatic carboxylic acids is 1. The Morgan fingerprint density at radius 2 is 1.67 bits per heavy atom. The Kier molecular flexibility index (Phi) is 5.84. The highest BCUT2D eigenvalue weighted by molar-refractivity contribution is 5.92. The van der Waals surface area contributed by atoms with Gasteiger partial charge in [-0.2, -0.15) is 0 Å². The van der Waals surface area contributed by atoms with Crippen molar-refractivity contribution in [3.63, 3.8) is 0 Å². The van der Waals surface area contributed by atoms with Gasteiger partial charge in [0.25, 0.3) is 0 Å². The fourth-order valence-corrected chi connectivity index (χ4v) is 2.70. The summed E-state index contributed by atoms with van der Waals surface area (Å²) >= 11 is 0. The first-order valence-corrected chi connectivity index (χ1v) is 8.51. The van der Waals surface area contributed by atoms with Gasteiger partial charge in [-0.25, -0.2) is 0 Å². The van der Waals surface area contributed by atoms with Gasteiger partial charge in [0.1, 0.15) is 5.76 Å². The van der Waals surface area contributed by atoms with Gasteiger partial charge in [0.05, 0.1) is 18.7 Å². The highest BCUT2D eigenvalue weighted by Crippen LogP contribution is 2.20. The number of carbonyl (C=O) groups excluding carboxylic acids is 1. The maximum Gasteiger partial charge on any atom is 0.305 e. The largest absolute Gasteiger partial charge is 0.481 e. The molecule has 0 bridgehead atoms. The van der Waals surface area contributed by atoms with Gasteiger partial charge in [-0.1, -0.05) is 54.6 Å². The Morgan fingerprint density at radius 1 is 0.963 bits per heavy atom. The molecule has 136 valence electrons. The smallest absolute Gasteiger partial charge is 0.305 e. The number of rotatable bonds is 7. The lowest BCUT2D eigenvalue weighted by Crippen LogP contribution is -2.28. The molecule has 0 aliphatic heterocycles. The van der Waals surface area contributed by atoms with Gasteiger partial charge in [0.15, 0.2) is 0 Å². The van der Waals surface area contributed by atoms with Gasteiger partial charge in [-0.15, -0.1) is 0 Å². The molecule has 2 aromatic carbocycles. The summed E-state index contributed by atoms with van der Waals surface area (Å²) in [6.07, 6.45) is 4.26. The number of carboxylic acid groups (broad SMARTS) is 1. The summed E-state index contributed by atoms with van der Waals surface area (Å²) in [5, 5.41) is 11.7. The van der Waals surface area contributed by atoms with E-state index in [4.69, 9.17) is 9.52 Å². The maximum absolute atomic E-state index is 12.2. The zero-order valence-corrected chi connectivity index (χ0v) is 14.5. The number of benzene rings is 2. The van der Waals surface area contributed by atoms with Gasteiger partial charge in [0, 0.05) is 6.08 Å². The van der Waals surface area contributed by atoms with Crippen molar-refractivity contribution in [1.29, 1.82) is 0 Å². The predicted octanol–water partition coefficient (Wildman–Crippen LogP) is 4.29. The van der Waals surface area contributed by atoms with Gasteiger partial charge >= 0.3 is 5.97 Å². The Morgan fingerprint density at radius 3 is 2.30 bits per heavy atom. The first-order valence-electron chi connectivity index (χ1n) is 8.51. The fourth-order valence-electron chi connectivity index (χ4n) is 2.70. The van der Waals surface area contributed by atoms with E-state index >= 15 is 0 Å². The zero-order valence-electron chi connectivity index (χ0n) is 14.5. The van der Waals surface area contributed by atoms with Gasteiger partial charge in [-0.05, 0) is 34.9 Å². The van der Waals surface area contributed by atoms with Crippen molar-refractivity contribution in [2.24, 2.45) is 0 Å². The van der Waals surface area contributed by atoms with Crippen LogP contribution in [0.4, 0.5) is 0 Å². The Bertz CT molecular complexity index is 913. The van der Waals surface area contributed by atoms with Crippen LogP contribution in [0.3, 0.4) is 0 Å². The lowest BCUT2D eigenvalue weighted by atomic mass is 10.0. The molecule has 0 aliphatic carbocycles. The third-order valence-corrected chi connectivity index (χ3v) is 4.03. The molecule has 0 saturated heterocycles. The van der Waals surface area contributed by atoms with E-state index < -0.39 is 12.0 Å². The van der Waals surface area contributed by atoms with Crippen LogP contribution in [-0.4, -0.2) is 17.0 Å². The van der Waals surface area contributed by atoms with E-state index in [9.17, 15) is 9.59 Å². The summed E-state index contributed by atoms with van der Waals surface area (Å²) in [5.41, 5.74) is 3.09. The van der Waals surface area contributed by atoms with Crippen LogP contribution in [-0.2, 0) is 9.59 Å². The van der Waals surface area contributed by atoms with Crippen LogP contribution in [0.2, 0.25) is 0 Å². The molecule has 0 aliphatic rings.